The highest BCUT2D eigenvalue weighted by Crippen LogP contribution is 2.01. The third kappa shape index (κ3) is 16.4. The predicted molar refractivity (Wildman–Crippen MR) is 86.8 cm³/mol. The third-order valence-corrected chi connectivity index (χ3v) is 2.73. The van der Waals surface area contributed by atoms with E-state index in [9.17, 15) is 4.79 Å². The second-order valence-corrected chi connectivity index (χ2v) is 4.64. The zero-order valence-corrected chi connectivity index (χ0v) is 12.6. The second-order valence-electron chi connectivity index (χ2n) is 4.64. The zero-order valence-electron chi connectivity index (χ0n) is 12.6. The summed E-state index contributed by atoms with van der Waals surface area (Å²) in [4.78, 5) is 10.3. The molecule has 0 unspecified atom stereocenters. The highest BCUT2D eigenvalue weighted by atomic mass is 16.4. The van der Waals surface area contributed by atoms with E-state index in [1.807, 2.05) is 0 Å². The van der Waals surface area contributed by atoms with Gasteiger partial charge in [0, 0.05) is 6.42 Å². The molecule has 0 aromatic heterocycles. The SMILES string of the molecule is CC/C=C/C/C=C/C/C=C/C/C=C\CCCCC(=O)O. The maximum absolute atomic E-state index is 10.3. The van der Waals surface area contributed by atoms with Gasteiger partial charge in [-0.2, -0.15) is 0 Å². The van der Waals surface area contributed by atoms with Crippen molar-refractivity contribution in [3.8, 4) is 0 Å². The molecule has 0 amide bonds. The molecule has 0 fully saturated rings. The molecule has 0 aliphatic rings. The smallest absolute Gasteiger partial charge is 0.303 e. The molecule has 0 heterocycles. The van der Waals surface area contributed by atoms with Crippen LogP contribution in [0, 0.1) is 0 Å². The molecule has 2 heteroatoms. The van der Waals surface area contributed by atoms with Gasteiger partial charge in [-0.25, -0.2) is 0 Å². The van der Waals surface area contributed by atoms with Crippen molar-refractivity contribution in [2.75, 3.05) is 0 Å². The minimum atomic E-state index is -0.699. The number of hydrogen-bond acceptors (Lipinski definition) is 1. The second kappa shape index (κ2) is 15.5. The molecule has 0 aromatic carbocycles. The summed E-state index contributed by atoms with van der Waals surface area (Å²) in [5.41, 5.74) is 0. The number of allylic oxidation sites excluding steroid dienone is 8. The van der Waals surface area contributed by atoms with E-state index >= 15 is 0 Å². The first-order chi connectivity index (χ1) is 9.77. The number of rotatable bonds is 12. The van der Waals surface area contributed by atoms with Crippen LogP contribution in [0.2, 0.25) is 0 Å². The summed E-state index contributed by atoms with van der Waals surface area (Å²) in [6.45, 7) is 2.14. The van der Waals surface area contributed by atoms with E-state index in [4.69, 9.17) is 5.11 Å². The van der Waals surface area contributed by atoms with Crippen LogP contribution in [0.1, 0.15) is 58.3 Å². The first kappa shape index (κ1) is 18.4. The van der Waals surface area contributed by atoms with Crippen molar-refractivity contribution in [3.05, 3.63) is 48.6 Å². The molecule has 0 aromatic rings. The number of aliphatic carboxylic acids is 1. The van der Waals surface area contributed by atoms with Crippen LogP contribution in [0.3, 0.4) is 0 Å². The molecule has 0 spiro atoms. The van der Waals surface area contributed by atoms with Crippen LogP contribution in [0.25, 0.3) is 0 Å². The minimum absolute atomic E-state index is 0.285. The average Bonchev–Trinajstić information content (AvgIpc) is 2.43. The summed E-state index contributed by atoms with van der Waals surface area (Å²) < 4.78 is 0. The lowest BCUT2D eigenvalue weighted by Gasteiger charge is -1.92. The van der Waals surface area contributed by atoms with Crippen molar-refractivity contribution in [1.82, 2.24) is 0 Å². The number of carboxylic acid groups (broad SMARTS) is 1. The van der Waals surface area contributed by atoms with Crippen LogP contribution in [0.5, 0.6) is 0 Å². The molecule has 0 radical (unpaired) electrons. The summed E-state index contributed by atoms with van der Waals surface area (Å²) in [6.07, 6.45) is 24.4. The van der Waals surface area contributed by atoms with Gasteiger partial charge in [-0.3, -0.25) is 4.79 Å². The molecule has 2 nitrogen and oxygen atoms in total. The van der Waals surface area contributed by atoms with E-state index in [0.29, 0.717) is 0 Å². The number of hydrogen-bond donors (Lipinski definition) is 1. The lowest BCUT2D eigenvalue weighted by atomic mass is 10.2. The quantitative estimate of drug-likeness (QED) is 0.381. The maximum Gasteiger partial charge on any atom is 0.303 e. The Balaban J connectivity index is 3.38. The molecule has 0 rings (SSSR count). The van der Waals surface area contributed by atoms with Crippen molar-refractivity contribution in [1.29, 1.82) is 0 Å². The molecule has 0 saturated heterocycles. The summed E-state index contributed by atoms with van der Waals surface area (Å²) in [5.74, 6) is -0.699. The van der Waals surface area contributed by atoms with E-state index in [-0.39, 0.29) is 6.42 Å². The minimum Gasteiger partial charge on any atom is -0.481 e. The molecule has 0 aliphatic carbocycles. The van der Waals surface area contributed by atoms with Crippen molar-refractivity contribution in [2.24, 2.45) is 0 Å². The number of carbonyl (C=O) groups is 1. The molecule has 20 heavy (non-hydrogen) atoms. The van der Waals surface area contributed by atoms with E-state index in [2.05, 4.69) is 55.5 Å². The van der Waals surface area contributed by atoms with Crippen LogP contribution in [0.4, 0.5) is 0 Å². The van der Waals surface area contributed by atoms with E-state index in [1.165, 1.54) is 0 Å². The van der Waals surface area contributed by atoms with Gasteiger partial charge in [-0.15, -0.1) is 0 Å². The van der Waals surface area contributed by atoms with Gasteiger partial charge in [0.1, 0.15) is 0 Å². The molecule has 0 bridgehead atoms. The lowest BCUT2D eigenvalue weighted by molar-refractivity contribution is -0.137. The fourth-order valence-corrected chi connectivity index (χ4v) is 1.64. The molecular weight excluding hydrogens is 248 g/mol. The van der Waals surface area contributed by atoms with Crippen LogP contribution in [-0.2, 0) is 4.79 Å². The van der Waals surface area contributed by atoms with Gasteiger partial charge in [0.15, 0.2) is 0 Å². The first-order valence-corrected chi connectivity index (χ1v) is 7.59. The summed E-state index contributed by atoms with van der Waals surface area (Å²) >= 11 is 0. The van der Waals surface area contributed by atoms with Gasteiger partial charge < -0.3 is 5.11 Å². The Bertz CT molecular complexity index is 335. The highest BCUT2D eigenvalue weighted by Gasteiger charge is 1.93. The van der Waals surface area contributed by atoms with Gasteiger partial charge in [0.25, 0.3) is 0 Å². The van der Waals surface area contributed by atoms with Crippen molar-refractivity contribution in [2.45, 2.75) is 58.3 Å². The average molecular weight is 276 g/mol. The Labute approximate surface area is 123 Å². The highest BCUT2D eigenvalue weighted by molar-refractivity contribution is 5.66. The van der Waals surface area contributed by atoms with Crippen LogP contribution in [-0.4, -0.2) is 11.1 Å². The lowest BCUT2D eigenvalue weighted by Crippen LogP contribution is -1.92. The summed E-state index contributed by atoms with van der Waals surface area (Å²) in [7, 11) is 0. The molecule has 1 N–H and O–H groups in total. The molecule has 112 valence electrons. The maximum atomic E-state index is 10.3. The topological polar surface area (TPSA) is 37.3 Å². The fourth-order valence-electron chi connectivity index (χ4n) is 1.64. The van der Waals surface area contributed by atoms with Crippen LogP contribution < -0.4 is 0 Å². The molecule has 0 atom stereocenters. The van der Waals surface area contributed by atoms with E-state index in [0.717, 1.165) is 44.9 Å². The first-order valence-electron chi connectivity index (χ1n) is 7.59. The normalized spacial score (nSPS) is 12.4. The standard InChI is InChI=1S/C18H28O2/c1-2-3-4-5-6-7-8-9-10-11-12-13-14-15-16-17-18(19)20/h3-4,6-7,9-10,12-13H,2,5,8,11,14-17H2,1H3,(H,19,20)/b4-3+,7-6+,10-9+,13-12-. The van der Waals surface area contributed by atoms with Crippen molar-refractivity contribution < 1.29 is 9.90 Å². The van der Waals surface area contributed by atoms with Gasteiger partial charge in [-0.1, -0.05) is 55.5 Å². The Morgan fingerprint density at radius 2 is 1.30 bits per heavy atom. The summed E-state index contributed by atoms with van der Waals surface area (Å²) in [6, 6.07) is 0. The van der Waals surface area contributed by atoms with Crippen molar-refractivity contribution in [3.63, 3.8) is 0 Å². The number of unbranched alkanes of at least 4 members (excludes halogenated alkanes) is 2. The zero-order chi connectivity index (χ0) is 14.9. The van der Waals surface area contributed by atoms with Crippen molar-refractivity contribution >= 4 is 5.97 Å². The van der Waals surface area contributed by atoms with Crippen LogP contribution in [0.15, 0.2) is 48.6 Å². The molecule has 0 saturated carbocycles. The summed E-state index contributed by atoms with van der Waals surface area (Å²) in [5, 5.41) is 8.48. The third-order valence-electron chi connectivity index (χ3n) is 2.73. The van der Waals surface area contributed by atoms with Gasteiger partial charge >= 0.3 is 5.97 Å². The van der Waals surface area contributed by atoms with Gasteiger partial charge in [0.05, 0.1) is 0 Å². The predicted octanol–water partition coefficient (Wildman–Crippen LogP) is 5.44. The molecular formula is C18H28O2. The van der Waals surface area contributed by atoms with Gasteiger partial charge in [0.2, 0.25) is 0 Å². The fraction of sp³-hybridized carbons (Fsp3) is 0.500. The monoisotopic (exact) mass is 276 g/mol. The van der Waals surface area contributed by atoms with E-state index in [1.54, 1.807) is 0 Å². The van der Waals surface area contributed by atoms with Crippen LogP contribution >= 0.6 is 0 Å². The Morgan fingerprint density at radius 3 is 1.80 bits per heavy atom. The Hall–Kier alpha value is -1.57. The van der Waals surface area contributed by atoms with Gasteiger partial charge in [-0.05, 0) is 44.9 Å². The number of carboxylic acids is 1. The van der Waals surface area contributed by atoms with E-state index < -0.39 is 5.97 Å². The Morgan fingerprint density at radius 1 is 0.800 bits per heavy atom. The Kier molecular flexibility index (Phi) is 14.3. The molecule has 0 aliphatic heterocycles. The largest absolute Gasteiger partial charge is 0.481 e.